The van der Waals surface area contributed by atoms with Gasteiger partial charge in [-0.15, -0.1) is 0 Å². The van der Waals surface area contributed by atoms with Crippen molar-refractivity contribution in [3.8, 4) is 22.4 Å². The van der Waals surface area contributed by atoms with Gasteiger partial charge in [-0.3, -0.25) is 19.8 Å². The second-order valence-corrected chi connectivity index (χ2v) is 10.6. The topological polar surface area (TPSA) is 84.0 Å². The van der Waals surface area contributed by atoms with Crippen molar-refractivity contribution in [2.24, 2.45) is 5.92 Å². The number of rotatable bonds is 6. The van der Waals surface area contributed by atoms with E-state index < -0.39 is 0 Å². The quantitative estimate of drug-likeness (QED) is 0.262. The second-order valence-electron chi connectivity index (χ2n) is 10.6. The van der Waals surface area contributed by atoms with Crippen molar-refractivity contribution in [1.82, 2.24) is 19.2 Å². The van der Waals surface area contributed by atoms with Gasteiger partial charge in [0.05, 0.1) is 16.3 Å². The summed E-state index contributed by atoms with van der Waals surface area (Å²) in [5.41, 5.74) is 8.01. The lowest BCUT2D eigenvalue weighted by atomic mass is 10.00. The molecule has 0 unspecified atom stereocenters. The van der Waals surface area contributed by atoms with E-state index in [0.717, 1.165) is 67.2 Å². The lowest BCUT2D eigenvalue weighted by Crippen LogP contribution is -2.48. The van der Waals surface area contributed by atoms with E-state index in [9.17, 15) is 14.9 Å². The number of nitro groups is 1. The number of non-ortho nitro benzene ring substituents is 1. The van der Waals surface area contributed by atoms with Crippen LogP contribution in [0.1, 0.15) is 29.7 Å². The number of carbonyl (C=O) groups excluding carboxylic acids is 1. The van der Waals surface area contributed by atoms with Gasteiger partial charge in [0.2, 0.25) is 5.91 Å². The molecular formula is C30H31N5O3. The van der Waals surface area contributed by atoms with Crippen LogP contribution < -0.4 is 0 Å². The van der Waals surface area contributed by atoms with Gasteiger partial charge in [-0.2, -0.15) is 0 Å². The van der Waals surface area contributed by atoms with E-state index in [1.54, 1.807) is 12.1 Å². The fourth-order valence-corrected chi connectivity index (χ4v) is 5.38. The largest absolute Gasteiger partial charge is 0.340 e. The number of carbonyl (C=O) groups is 1. The Morgan fingerprint density at radius 2 is 1.79 bits per heavy atom. The van der Waals surface area contributed by atoms with Crippen LogP contribution in [-0.4, -0.2) is 56.2 Å². The van der Waals surface area contributed by atoms with E-state index >= 15 is 0 Å². The van der Waals surface area contributed by atoms with E-state index in [0.29, 0.717) is 12.5 Å². The first kappa shape index (κ1) is 24.3. The molecular weight excluding hydrogens is 478 g/mol. The minimum atomic E-state index is -0.367. The molecule has 2 aromatic carbocycles. The lowest BCUT2D eigenvalue weighted by molar-refractivity contribution is -0.384. The Balaban J connectivity index is 1.39. The smallest absolute Gasteiger partial charge is 0.270 e. The highest BCUT2D eigenvalue weighted by atomic mass is 16.6. The number of pyridine rings is 1. The standard InChI is InChI=1S/C30H31N5O3/c1-20-6-7-21(2)26(16-20)24-10-11-28-31-29(23-4-3-5-25(17-23)35(37)38)27(34(28)18-24)19-32-12-14-33(15-13-32)30(36)22-8-9-22/h3-7,10-11,16-18,22H,8-9,12-15,19H2,1-2H3. The Labute approximate surface area is 221 Å². The highest BCUT2D eigenvalue weighted by Gasteiger charge is 2.34. The summed E-state index contributed by atoms with van der Waals surface area (Å²) in [5, 5.41) is 11.5. The van der Waals surface area contributed by atoms with Crippen molar-refractivity contribution < 1.29 is 9.72 Å². The molecule has 3 heterocycles. The first-order valence-corrected chi connectivity index (χ1v) is 13.2. The number of nitro benzene ring substituents is 1. The zero-order chi connectivity index (χ0) is 26.4. The van der Waals surface area contributed by atoms with Crippen LogP contribution in [-0.2, 0) is 11.3 Å². The Morgan fingerprint density at radius 1 is 1.00 bits per heavy atom. The predicted molar refractivity (Wildman–Crippen MR) is 147 cm³/mol. The fraction of sp³-hybridized carbons (Fsp3) is 0.333. The monoisotopic (exact) mass is 509 g/mol. The van der Waals surface area contributed by atoms with Crippen molar-refractivity contribution in [3.05, 3.63) is 87.7 Å². The summed E-state index contributed by atoms with van der Waals surface area (Å²) in [6.45, 7) is 7.88. The van der Waals surface area contributed by atoms with Gasteiger partial charge in [0.25, 0.3) is 5.69 Å². The number of piperazine rings is 1. The third-order valence-electron chi connectivity index (χ3n) is 7.74. The number of hydrogen-bond donors (Lipinski definition) is 0. The van der Waals surface area contributed by atoms with Crippen LogP contribution in [0, 0.1) is 29.9 Å². The fourth-order valence-electron chi connectivity index (χ4n) is 5.38. The van der Waals surface area contributed by atoms with Crippen LogP contribution in [0.5, 0.6) is 0 Å². The maximum absolute atomic E-state index is 12.5. The molecule has 8 nitrogen and oxygen atoms in total. The Morgan fingerprint density at radius 3 is 2.53 bits per heavy atom. The predicted octanol–water partition coefficient (Wildman–Crippen LogP) is 5.25. The van der Waals surface area contributed by atoms with E-state index in [2.05, 4.69) is 53.6 Å². The van der Waals surface area contributed by atoms with Crippen LogP contribution in [0.3, 0.4) is 0 Å². The molecule has 1 amide bonds. The maximum Gasteiger partial charge on any atom is 0.270 e. The summed E-state index contributed by atoms with van der Waals surface area (Å²) < 4.78 is 2.13. The molecule has 38 heavy (non-hydrogen) atoms. The first-order valence-electron chi connectivity index (χ1n) is 13.2. The summed E-state index contributed by atoms with van der Waals surface area (Å²) in [6.07, 6.45) is 4.18. The van der Waals surface area contributed by atoms with E-state index in [1.165, 1.54) is 22.8 Å². The van der Waals surface area contributed by atoms with Gasteiger partial charge >= 0.3 is 0 Å². The highest BCUT2D eigenvalue weighted by Crippen LogP contribution is 2.33. The Kier molecular flexibility index (Phi) is 6.19. The van der Waals surface area contributed by atoms with Gasteiger partial charge in [-0.25, -0.2) is 4.98 Å². The van der Waals surface area contributed by atoms with E-state index in [1.807, 2.05) is 17.0 Å². The molecule has 2 fully saturated rings. The molecule has 0 N–H and O–H groups in total. The van der Waals surface area contributed by atoms with Gasteiger partial charge in [0, 0.05) is 62.5 Å². The third kappa shape index (κ3) is 4.67. The molecule has 8 heteroatoms. The van der Waals surface area contributed by atoms with Crippen LogP contribution in [0.4, 0.5) is 5.69 Å². The van der Waals surface area contributed by atoms with Crippen molar-refractivity contribution in [1.29, 1.82) is 0 Å². The number of fused-ring (bicyclic) bond motifs is 1. The van der Waals surface area contributed by atoms with Crippen LogP contribution in [0.15, 0.2) is 60.8 Å². The molecule has 1 aliphatic heterocycles. The molecule has 6 rings (SSSR count). The first-order chi connectivity index (χ1) is 18.4. The number of imidazole rings is 1. The number of nitrogens with zero attached hydrogens (tertiary/aromatic N) is 5. The van der Waals surface area contributed by atoms with Gasteiger partial charge in [0.15, 0.2) is 0 Å². The molecule has 0 spiro atoms. The Bertz CT molecular complexity index is 1550. The molecule has 0 atom stereocenters. The molecule has 2 aromatic heterocycles. The number of hydrogen-bond acceptors (Lipinski definition) is 5. The summed E-state index contributed by atoms with van der Waals surface area (Å²) in [5.74, 6) is 0.541. The second kappa shape index (κ2) is 9.68. The molecule has 1 saturated carbocycles. The summed E-state index contributed by atoms with van der Waals surface area (Å²) in [6, 6.07) is 17.3. The zero-order valence-electron chi connectivity index (χ0n) is 21.8. The molecule has 2 aliphatic rings. The number of amides is 1. The van der Waals surface area contributed by atoms with Crippen molar-refractivity contribution >= 4 is 17.2 Å². The minimum Gasteiger partial charge on any atom is -0.340 e. The average molecular weight is 510 g/mol. The SMILES string of the molecule is Cc1ccc(C)c(-c2ccc3nc(-c4cccc([N+](=O)[O-])c4)c(CN4CCN(C(=O)C5CC5)CC4)n3c2)c1. The van der Waals surface area contributed by atoms with Gasteiger partial charge in [-0.05, 0) is 55.5 Å². The number of aryl methyl sites for hydroxylation is 2. The normalized spacial score (nSPS) is 16.2. The van der Waals surface area contributed by atoms with Gasteiger partial charge in [-0.1, -0.05) is 35.9 Å². The van der Waals surface area contributed by atoms with Gasteiger partial charge in [0.1, 0.15) is 5.65 Å². The van der Waals surface area contributed by atoms with E-state index in [4.69, 9.17) is 4.98 Å². The minimum absolute atomic E-state index is 0.0498. The van der Waals surface area contributed by atoms with Crippen LogP contribution in [0.25, 0.3) is 28.0 Å². The Hall–Kier alpha value is -4.04. The third-order valence-corrected chi connectivity index (χ3v) is 7.74. The number of aromatic nitrogens is 2. The summed E-state index contributed by atoms with van der Waals surface area (Å²) in [4.78, 5) is 33.0. The molecule has 194 valence electrons. The highest BCUT2D eigenvalue weighted by molar-refractivity contribution is 5.81. The van der Waals surface area contributed by atoms with E-state index in [-0.39, 0.29) is 16.5 Å². The lowest BCUT2D eigenvalue weighted by Gasteiger charge is -2.35. The molecule has 0 radical (unpaired) electrons. The molecule has 1 aliphatic carbocycles. The van der Waals surface area contributed by atoms with Crippen molar-refractivity contribution in [2.45, 2.75) is 33.2 Å². The van der Waals surface area contributed by atoms with Crippen LogP contribution >= 0.6 is 0 Å². The van der Waals surface area contributed by atoms with Crippen molar-refractivity contribution in [2.75, 3.05) is 26.2 Å². The van der Waals surface area contributed by atoms with Crippen LogP contribution in [0.2, 0.25) is 0 Å². The average Bonchev–Trinajstić information content (AvgIpc) is 3.72. The molecule has 0 bridgehead atoms. The zero-order valence-corrected chi connectivity index (χ0v) is 21.8. The van der Waals surface area contributed by atoms with Gasteiger partial charge < -0.3 is 9.30 Å². The summed E-state index contributed by atoms with van der Waals surface area (Å²) >= 11 is 0. The number of benzene rings is 2. The summed E-state index contributed by atoms with van der Waals surface area (Å²) in [7, 11) is 0. The maximum atomic E-state index is 12.5. The molecule has 1 saturated heterocycles. The van der Waals surface area contributed by atoms with Crippen molar-refractivity contribution in [3.63, 3.8) is 0 Å². The molecule has 4 aromatic rings.